The second kappa shape index (κ2) is 10.3. The van der Waals surface area contributed by atoms with E-state index in [0.29, 0.717) is 36.8 Å². The molecule has 1 aliphatic rings. The zero-order valence-electron chi connectivity index (χ0n) is 16.8. The van der Waals surface area contributed by atoms with Crippen LogP contribution in [0.15, 0.2) is 53.2 Å². The minimum absolute atomic E-state index is 0.0623. The van der Waals surface area contributed by atoms with Gasteiger partial charge in [-0.05, 0) is 61.2 Å². The topological polar surface area (TPSA) is 101 Å². The molecule has 3 amide bonds. The Kier molecular flexibility index (Phi) is 7.26. The fourth-order valence-corrected chi connectivity index (χ4v) is 3.18. The summed E-state index contributed by atoms with van der Waals surface area (Å²) in [6.07, 6.45) is 6.24. The van der Waals surface area contributed by atoms with E-state index in [9.17, 15) is 14.4 Å². The first-order valence-electron chi connectivity index (χ1n) is 9.79. The number of nitrogens with one attached hydrogen (secondary N) is 2. The third-order valence-electron chi connectivity index (χ3n) is 4.96. The van der Waals surface area contributed by atoms with Crippen molar-refractivity contribution in [1.82, 2.24) is 10.2 Å². The second-order valence-corrected chi connectivity index (χ2v) is 7.01. The maximum atomic E-state index is 12.2. The first kappa shape index (κ1) is 21.2. The van der Waals surface area contributed by atoms with Gasteiger partial charge in [0.1, 0.15) is 11.5 Å². The zero-order valence-corrected chi connectivity index (χ0v) is 16.8. The van der Waals surface area contributed by atoms with Crippen molar-refractivity contribution in [1.29, 1.82) is 0 Å². The maximum Gasteiger partial charge on any atom is 0.313 e. The van der Waals surface area contributed by atoms with Crippen molar-refractivity contribution >= 4 is 29.5 Å². The van der Waals surface area contributed by atoms with Gasteiger partial charge in [-0.3, -0.25) is 14.4 Å². The molecular weight excluding hydrogens is 386 g/mol. The average Bonchev–Trinajstić information content (AvgIpc) is 3.30. The highest BCUT2D eigenvalue weighted by Crippen LogP contribution is 2.17. The van der Waals surface area contributed by atoms with Gasteiger partial charge in [0.15, 0.2) is 0 Å². The Morgan fingerprint density at radius 2 is 1.87 bits per heavy atom. The van der Waals surface area contributed by atoms with Crippen LogP contribution >= 0.6 is 0 Å². The van der Waals surface area contributed by atoms with Crippen LogP contribution < -0.4 is 15.4 Å². The van der Waals surface area contributed by atoms with E-state index in [4.69, 9.17) is 9.15 Å². The van der Waals surface area contributed by atoms with Crippen molar-refractivity contribution in [2.75, 3.05) is 32.1 Å². The Balaban J connectivity index is 1.37. The van der Waals surface area contributed by atoms with Gasteiger partial charge >= 0.3 is 11.8 Å². The number of nitrogens with zero attached hydrogens (tertiary/aromatic N) is 1. The van der Waals surface area contributed by atoms with Crippen molar-refractivity contribution in [2.45, 2.75) is 12.8 Å². The summed E-state index contributed by atoms with van der Waals surface area (Å²) >= 11 is 0. The molecule has 2 heterocycles. The monoisotopic (exact) mass is 411 g/mol. The Hall–Kier alpha value is -3.55. The molecule has 0 saturated carbocycles. The lowest BCUT2D eigenvalue weighted by atomic mass is 9.96. The molecule has 0 atom stereocenters. The molecular formula is C22H25N3O5. The van der Waals surface area contributed by atoms with Crippen molar-refractivity contribution in [3.05, 3.63) is 54.5 Å². The molecule has 0 bridgehead atoms. The molecule has 30 heavy (non-hydrogen) atoms. The Morgan fingerprint density at radius 3 is 2.50 bits per heavy atom. The van der Waals surface area contributed by atoms with Gasteiger partial charge in [0.2, 0.25) is 5.91 Å². The van der Waals surface area contributed by atoms with Gasteiger partial charge in [-0.1, -0.05) is 0 Å². The van der Waals surface area contributed by atoms with Gasteiger partial charge in [-0.15, -0.1) is 0 Å². The smallest absolute Gasteiger partial charge is 0.313 e. The number of hydrogen-bond acceptors (Lipinski definition) is 5. The molecule has 0 radical (unpaired) electrons. The number of anilines is 1. The standard InChI is InChI=1S/C22H25N3O5/c1-29-18-6-4-17(5-7-18)24-22(28)21(27)23-15-16-10-12-25(13-11-16)20(26)9-8-19-3-2-14-30-19/h2-9,14,16H,10-13,15H2,1H3,(H,23,27)(H,24,28)/b9-8+. The number of hydrogen-bond donors (Lipinski definition) is 2. The van der Waals surface area contributed by atoms with Crippen LogP contribution in [0.5, 0.6) is 5.75 Å². The number of benzene rings is 1. The fourth-order valence-electron chi connectivity index (χ4n) is 3.18. The van der Waals surface area contributed by atoms with E-state index in [1.54, 1.807) is 60.7 Å². The molecule has 2 N–H and O–H groups in total. The zero-order chi connectivity index (χ0) is 21.3. The number of amides is 3. The lowest BCUT2D eigenvalue weighted by Crippen LogP contribution is -2.43. The normalized spacial score (nSPS) is 14.5. The van der Waals surface area contributed by atoms with Crippen molar-refractivity contribution < 1.29 is 23.5 Å². The number of carbonyl (C=O) groups excluding carboxylic acids is 3. The molecule has 1 fully saturated rings. The summed E-state index contributed by atoms with van der Waals surface area (Å²) < 4.78 is 10.2. The minimum Gasteiger partial charge on any atom is -0.497 e. The van der Waals surface area contributed by atoms with Crippen LogP contribution in [0, 0.1) is 5.92 Å². The van der Waals surface area contributed by atoms with Gasteiger partial charge in [-0.25, -0.2) is 0 Å². The summed E-state index contributed by atoms with van der Waals surface area (Å²) in [5.41, 5.74) is 0.519. The number of methoxy groups -OCH3 is 1. The summed E-state index contributed by atoms with van der Waals surface area (Å²) in [6.45, 7) is 1.62. The molecule has 2 aromatic rings. The van der Waals surface area contributed by atoms with E-state index in [1.165, 1.54) is 6.08 Å². The van der Waals surface area contributed by atoms with E-state index in [0.717, 1.165) is 12.8 Å². The number of furan rings is 1. The Bertz CT molecular complexity index is 882. The molecule has 0 spiro atoms. The van der Waals surface area contributed by atoms with Crippen molar-refractivity contribution in [3.63, 3.8) is 0 Å². The molecule has 1 aromatic carbocycles. The summed E-state index contributed by atoms with van der Waals surface area (Å²) in [5.74, 6) is 0.0720. The third-order valence-corrected chi connectivity index (χ3v) is 4.96. The second-order valence-electron chi connectivity index (χ2n) is 7.01. The van der Waals surface area contributed by atoms with Gasteiger partial charge in [-0.2, -0.15) is 0 Å². The van der Waals surface area contributed by atoms with Crippen LogP contribution in [-0.4, -0.2) is 49.4 Å². The van der Waals surface area contributed by atoms with E-state index in [2.05, 4.69) is 10.6 Å². The quantitative estimate of drug-likeness (QED) is 0.561. The van der Waals surface area contributed by atoms with Crippen LogP contribution in [0.1, 0.15) is 18.6 Å². The highest BCUT2D eigenvalue weighted by atomic mass is 16.5. The minimum atomic E-state index is -0.712. The predicted molar refractivity (Wildman–Crippen MR) is 112 cm³/mol. The Morgan fingerprint density at radius 1 is 1.13 bits per heavy atom. The number of ether oxygens (including phenoxy) is 1. The van der Waals surface area contributed by atoms with E-state index < -0.39 is 11.8 Å². The first-order chi connectivity index (χ1) is 14.5. The predicted octanol–water partition coefficient (Wildman–Crippen LogP) is 2.29. The molecule has 1 aliphatic heterocycles. The lowest BCUT2D eigenvalue weighted by molar-refractivity contribution is -0.136. The molecule has 0 unspecified atom stereocenters. The number of carbonyl (C=O) groups is 3. The molecule has 8 nitrogen and oxygen atoms in total. The van der Waals surface area contributed by atoms with Crippen molar-refractivity contribution in [3.8, 4) is 5.75 Å². The van der Waals surface area contributed by atoms with E-state index >= 15 is 0 Å². The number of likely N-dealkylation sites (tertiary alicyclic amines) is 1. The SMILES string of the molecule is COc1ccc(NC(=O)C(=O)NCC2CCN(C(=O)/C=C/c3ccco3)CC2)cc1. The summed E-state index contributed by atoms with van der Waals surface area (Å²) in [7, 11) is 1.55. The van der Waals surface area contributed by atoms with E-state index in [-0.39, 0.29) is 11.8 Å². The molecule has 1 aromatic heterocycles. The van der Waals surface area contributed by atoms with Crippen LogP contribution in [0.2, 0.25) is 0 Å². The van der Waals surface area contributed by atoms with Crippen LogP contribution in [-0.2, 0) is 14.4 Å². The molecule has 8 heteroatoms. The highest BCUT2D eigenvalue weighted by molar-refractivity contribution is 6.39. The van der Waals surface area contributed by atoms with E-state index in [1.807, 2.05) is 0 Å². The van der Waals surface area contributed by atoms with Gasteiger partial charge < -0.3 is 24.7 Å². The molecule has 3 rings (SSSR count). The van der Waals surface area contributed by atoms with Crippen LogP contribution in [0.3, 0.4) is 0 Å². The summed E-state index contributed by atoms with van der Waals surface area (Å²) in [5, 5.41) is 5.23. The maximum absolute atomic E-state index is 12.2. The van der Waals surface area contributed by atoms with Gasteiger partial charge in [0, 0.05) is 31.4 Å². The molecule has 158 valence electrons. The third kappa shape index (κ3) is 5.97. The van der Waals surface area contributed by atoms with Gasteiger partial charge in [0.05, 0.1) is 13.4 Å². The summed E-state index contributed by atoms with van der Waals surface area (Å²) in [6, 6.07) is 10.3. The summed E-state index contributed by atoms with van der Waals surface area (Å²) in [4.78, 5) is 38.1. The first-order valence-corrected chi connectivity index (χ1v) is 9.79. The highest BCUT2D eigenvalue weighted by Gasteiger charge is 2.23. The molecule has 0 aliphatic carbocycles. The van der Waals surface area contributed by atoms with Crippen LogP contribution in [0.4, 0.5) is 5.69 Å². The van der Waals surface area contributed by atoms with Crippen molar-refractivity contribution in [2.24, 2.45) is 5.92 Å². The number of piperidine rings is 1. The number of rotatable bonds is 6. The fraction of sp³-hybridized carbons (Fsp3) is 0.318. The lowest BCUT2D eigenvalue weighted by Gasteiger charge is -2.31. The van der Waals surface area contributed by atoms with Crippen LogP contribution in [0.25, 0.3) is 6.08 Å². The molecule has 1 saturated heterocycles. The Labute approximate surface area is 174 Å². The average molecular weight is 411 g/mol. The largest absolute Gasteiger partial charge is 0.497 e. The van der Waals surface area contributed by atoms with Gasteiger partial charge in [0.25, 0.3) is 0 Å².